The number of carbonyl (C=O) groups excluding carboxylic acids is 1. The van der Waals surface area contributed by atoms with Crippen LogP contribution in [0, 0.1) is 0 Å². The molecule has 2 aliphatic rings. The van der Waals surface area contributed by atoms with Crippen molar-refractivity contribution in [2.45, 2.75) is 43.9 Å². The van der Waals surface area contributed by atoms with E-state index in [1.807, 2.05) is 0 Å². The van der Waals surface area contributed by atoms with Crippen molar-refractivity contribution in [2.75, 3.05) is 26.7 Å². The van der Waals surface area contributed by atoms with Crippen molar-refractivity contribution in [1.82, 2.24) is 10.2 Å². The van der Waals surface area contributed by atoms with Crippen molar-refractivity contribution in [3.05, 3.63) is 0 Å². The zero-order valence-corrected chi connectivity index (χ0v) is 10.5. The zero-order chi connectivity index (χ0) is 12.3. The summed E-state index contributed by atoms with van der Waals surface area (Å²) >= 11 is 0. The molecule has 1 heterocycles. The maximum atomic E-state index is 11.5. The van der Waals surface area contributed by atoms with E-state index in [-0.39, 0.29) is 11.9 Å². The highest BCUT2D eigenvalue weighted by molar-refractivity contribution is 5.80. The maximum Gasteiger partial charge on any atom is 0.236 e. The number of nitrogens with one attached hydrogen (secondary N) is 1. The molecule has 17 heavy (non-hydrogen) atoms. The van der Waals surface area contributed by atoms with Crippen LogP contribution in [-0.2, 0) is 9.53 Å². The van der Waals surface area contributed by atoms with E-state index in [1.54, 1.807) is 7.11 Å². The second-order valence-electron chi connectivity index (χ2n) is 5.04. The quantitative estimate of drug-likeness (QED) is 0.712. The summed E-state index contributed by atoms with van der Waals surface area (Å²) in [5, 5.41) is 3.24. The molecule has 0 bridgehead atoms. The lowest BCUT2D eigenvalue weighted by Crippen LogP contribution is -2.60. The lowest BCUT2D eigenvalue weighted by atomic mass is 9.90. The van der Waals surface area contributed by atoms with Gasteiger partial charge in [0.1, 0.15) is 6.04 Å². The van der Waals surface area contributed by atoms with Gasteiger partial charge in [-0.1, -0.05) is 0 Å². The van der Waals surface area contributed by atoms with Crippen molar-refractivity contribution in [1.29, 1.82) is 0 Å². The smallest absolute Gasteiger partial charge is 0.236 e. The Morgan fingerprint density at radius 1 is 1.47 bits per heavy atom. The molecule has 5 nitrogen and oxygen atoms in total. The van der Waals surface area contributed by atoms with Crippen molar-refractivity contribution in [3.8, 4) is 0 Å². The predicted octanol–water partition coefficient (Wildman–Crippen LogP) is -0.297. The second-order valence-corrected chi connectivity index (χ2v) is 5.04. The van der Waals surface area contributed by atoms with E-state index in [0.717, 1.165) is 32.4 Å². The molecule has 0 radical (unpaired) electrons. The first-order valence-electron chi connectivity index (χ1n) is 6.51. The number of hydrogen-bond acceptors (Lipinski definition) is 4. The van der Waals surface area contributed by atoms with Crippen molar-refractivity contribution < 1.29 is 9.53 Å². The fraction of sp³-hybridized carbons (Fsp3) is 0.917. The molecule has 98 valence electrons. The van der Waals surface area contributed by atoms with E-state index in [2.05, 4.69) is 10.2 Å². The SMILES string of the molecule is COC1CCCC(N2CCNCC2C(N)=O)C1. The summed E-state index contributed by atoms with van der Waals surface area (Å²) in [6, 6.07) is 0.303. The third kappa shape index (κ3) is 2.97. The Bertz CT molecular complexity index is 272. The molecule has 1 aliphatic heterocycles. The topological polar surface area (TPSA) is 67.6 Å². The number of nitrogens with zero attached hydrogens (tertiary/aromatic N) is 1. The van der Waals surface area contributed by atoms with Gasteiger partial charge in [0.15, 0.2) is 0 Å². The summed E-state index contributed by atoms with van der Waals surface area (Å²) < 4.78 is 5.45. The summed E-state index contributed by atoms with van der Waals surface area (Å²) in [7, 11) is 1.77. The zero-order valence-electron chi connectivity index (χ0n) is 10.5. The van der Waals surface area contributed by atoms with E-state index in [1.165, 1.54) is 6.42 Å². The molecule has 0 aromatic rings. The van der Waals surface area contributed by atoms with E-state index in [9.17, 15) is 4.79 Å². The van der Waals surface area contributed by atoms with Gasteiger partial charge in [-0.25, -0.2) is 0 Å². The van der Waals surface area contributed by atoms with E-state index in [0.29, 0.717) is 18.7 Å². The number of piperazine rings is 1. The van der Waals surface area contributed by atoms with Gasteiger partial charge in [0.05, 0.1) is 6.10 Å². The molecule has 1 amide bonds. The van der Waals surface area contributed by atoms with Crippen LogP contribution < -0.4 is 11.1 Å². The number of carbonyl (C=O) groups is 1. The van der Waals surface area contributed by atoms with Crippen LogP contribution in [0.4, 0.5) is 0 Å². The standard InChI is InChI=1S/C12H23N3O2/c1-17-10-4-2-3-9(7-10)15-6-5-14-8-11(15)12(13)16/h9-11,14H,2-8H2,1H3,(H2,13,16). The van der Waals surface area contributed by atoms with Crippen LogP contribution in [0.25, 0.3) is 0 Å². The largest absolute Gasteiger partial charge is 0.381 e. The van der Waals surface area contributed by atoms with Crippen LogP contribution >= 0.6 is 0 Å². The Balaban J connectivity index is 2.00. The molecular weight excluding hydrogens is 218 g/mol. The molecule has 0 aromatic heterocycles. The first-order chi connectivity index (χ1) is 8.22. The van der Waals surface area contributed by atoms with Gasteiger partial charge in [-0.15, -0.1) is 0 Å². The lowest BCUT2D eigenvalue weighted by molar-refractivity contribution is -0.125. The molecule has 2 rings (SSSR count). The number of ether oxygens (including phenoxy) is 1. The fourth-order valence-corrected chi connectivity index (χ4v) is 3.06. The predicted molar refractivity (Wildman–Crippen MR) is 65.6 cm³/mol. The van der Waals surface area contributed by atoms with Crippen LogP contribution in [-0.4, -0.2) is 55.7 Å². The Kier molecular flexibility index (Phi) is 4.36. The second kappa shape index (κ2) is 5.80. The summed E-state index contributed by atoms with van der Waals surface area (Å²) in [5.74, 6) is -0.211. The molecule has 1 aliphatic carbocycles. The summed E-state index contributed by atoms with van der Waals surface area (Å²) in [4.78, 5) is 13.7. The third-order valence-corrected chi connectivity index (χ3v) is 4.01. The maximum absolute atomic E-state index is 11.5. The van der Waals surface area contributed by atoms with Crippen LogP contribution in [0.5, 0.6) is 0 Å². The fourth-order valence-electron chi connectivity index (χ4n) is 3.06. The number of nitrogens with two attached hydrogens (primary N) is 1. The van der Waals surface area contributed by atoms with Crippen LogP contribution in [0.15, 0.2) is 0 Å². The summed E-state index contributed by atoms with van der Waals surface area (Å²) in [6.45, 7) is 2.54. The lowest BCUT2D eigenvalue weighted by Gasteiger charge is -2.43. The average molecular weight is 241 g/mol. The normalized spacial score (nSPS) is 35.7. The van der Waals surface area contributed by atoms with Gasteiger partial charge >= 0.3 is 0 Å². The van der Waals surface area contributed by atoms with E-state index in [4.69, 9.17) is 10.5 Å². The van der Waals surface area contributed by atoms with Gasteiger partial charge in [0.25, 0.3) is 0 Å². The number of rotatable bonds is 3. The van der Waals surface area contributed by atoms with Crippen molar-refractivity contribution in [2.24, 2.45) is 5.73 Å². The Morgan fingerprint density at radius 2 is 2.29 bits per heavy atom. The van der Waals surface area contributed by atoms with Gasteiger partial charge in [-0.2, -0.15) is 0 Å². The molecule has 1 saturated heterocycles. The minimum atomic E-state index is -0.211. The first kappa shape index (κ1) is 12.8. The van der Waals surface area contributed by atoms with E-state index >= 15 is 0 Å². The van der Waals surface area contributed by atoms with Gasteiger partial charge in [0, 0.05) is 32.8 Å². The molecule has 3 unspecified atom stereocenters. The highest BCUT2D eigenvalue weighted by atomic mass is 16.5. The van der Waals surface area contributed by atoms with Crippen molar-refractivity contribution >= 4 is 5.91 Å². The van der Waals surface area contributed by atoms with E-state index < -0.39 is 0 Å². The minimum absolute atomic E-state index is 0.149. The third-order valence-electron chi connectivity index (χ3n) is 4.01. The molecular formula is C12H23N3O2. The minimum Gasteiger partial charge on any atom is -0.381 e. The van der Waals surface area contributed by atoms with Crippen LogP contribution in [0.1, 0.15) is 25.7 Å². The van der Waals surface area contributed by atoms with Gasteiger partial charge in [-0.3, -0.25) is 9.69 Å². The van der Waals surface area contributed by atoms with Crippen molar-refractivity contribution in [3.63, 3.8) is 0 Å². The Labute approximate surface area is 103 Å². The van der Waals surface area contributed by atoms with Crippen LogP contribution in [0.2, 0.25) is 0 Å². The molecule has 3 N–H and O–H groups in total. The number of hydrogen-bond donors (Lipinski definition) is 2. The summed E-state index contributed by atoms with van der Waals surface area (Å²) in [6.07, 6.45) is 4.85. The molecule has 1 saturated carbocycles. The van der Waals surface area contributed by atoms with Gasteiger partial charge in [0.2, 0.25) is 5.91 Å². The Hall–Kier alpha value is -0.650. The number of methoxy groups -OCH3 is 1. The molecule has 0 aromatic carbocycles. The molecule has 5 heteroatoms. The number of primary amides is 1. The summed E-state index contributed by atoms with van der Waals surface area (Å²) in [5.41, 5.74) is 5.48. The number of amides is 1. The highest BCUT2D eigenvalue weighted by Crippen LogP contribution is 2.26. The molecule has 2 fully saturated rings. The van der Waals surface area contributed by atoms with Gasteiger partial charge in [-0.05, 0) is 25.7 Å². The highest BCUT2D eigenvalue weighted by Gasteiger charge is 2.34. The van der Waals surface area contributed by atoms with Gasteiger partial charge < -0.3 is 15.8 Å². The molecule has 0 spiro atoms. The molecule has 3 atom stereocenters. The first-order valence-corrected chi connectivity index (χ1v) is 6.51. The Morgan fingerprint density at radius 3 is 3.00 bits per heavy atom. The van der Waals surface area contributed by atoms with Crippen LogP contribution in [0.3, 0.4) is 0 Å². The monoisotopic (exact) mass is 241 g/mol. The average Bonchev–Trinajstić information content (AvgIpc) is 2.39.